The first-order chi connectivity index (χ1) is 8.35. The first-order valence-electron chi connectivity index (χ1n) is 6.49. The minimum Gasteiger partial charge on any atom is -0.374 e. The van der Waals surface area contributed by atoms with Crippen LogP contribution in [0.25, 0.3) is 0 Å². The molecule has 3 nitrogen and oxygen atoms in total. The number of carbonyl (C=O) groups excluding carboxylic acids is 1. The summed E-state index contributed by atoms with van der Waals surface area (Å²) in [5.41, 5.74) is 3.55. The van der Waals surface area contributed by atoms with Crippen LogP contribution in [0.3, 0.4) is 0 Å². The van der Waals surface area contributed by atoms with Crippen molar-refractivity contribution in [3.8, 4) is 0 Å². The molecular formula is C15H22N2O. The van der Waals surface area contributed by atoms with E-state index in [1.807, 2.05) is 6.07 Å². The number of hydrogen-bond acceptors (Lipinski definition) is 2. The minimum atomic E-state index is 0.0288. The lowest BCUT2D eigenvalue weighted by Crippen LogP contribution is -2.19. The fraction of sp³-hybridized carbons (Fsp3) is 0.533. The zero-order chi connectivity index (χ0) is 13.3. The lowest BCUT2D eigenvalue weighted by molar-refractivity contribution is -0.117. The number of nitrogens with zero attached hydrogens (tertiary/aromatic N) is 1. The van der Waals surface area contributed by atoms with E-state index in [1.54, 1.807) is 0 Å². The number of nitrogens with one attached hydrogen (secondary N) is 1. The monoisotopic (exact) mass is 246 g/mol. The SMILES string of the molecule is CN1CCc2cc(NC(=O)CC(C)(C)C)ccc21. The Bertz CT molecular complexity index is 460. The molecule has 0 bridgehead atoms. The number of anilines is 2. The molecule has 1 amide bonds. The lowest BCUT2D eigenvalue weighted by Gasteiger charge is -2.17. The van der Waals surface area contributed by atoms with Gasteiger partial charge in [-0.2, -0.15) is 0 Å². The summed E-state index contributed by atoms with van der Waals surface area (Å²) >= 11 is 0. The van der Waals surface area contributed by atoms with Gasteiger partial charge in [0.15, 0.2) is 0 Å². The van der Waals surface area contributed by atoms with Crippen molar-refractivity contribution in [2.24, 2.45) is 5.41 Å². The summed E-state index contributed by atoms with van der Waals surface area (Å²) in [6.07, 6.45) is 1.61. The van der Waals surface area contributed by atoms with E-state index in [4.69, 9.17) is 0 Å². The maximum Gasteiger partial charge on any atom is 0.224 e. The molecule has 0 aromatic heterocycles. The second-order valence-corrected chi connectivity index (χ2v) is 6.30. The Morgan fingerprint density at radius 1 is 1.39 bits per heavy atom. The highest BCUT2D eigenvalue weighted by Crippen LogP contribution is 2.29. The van der Waals surface area contributed by atoms with Crippen molar-refractivity contribution in [1.82, 2.24) is 0 Å². The topological polar surface area (TPSA) is 32.3 Å². The van der Waals surface area contributed by atoms with Crippen LogP contribution in [0.5, 0.6) is 0 Å². The number of fused-ring (bicyclic) bond motifs is 1. The normalized spacial score (nSPS) is 14.6. The Labute approximate surface area is 109 Å². The van der Waals surface area contributed by atoms with Crippen molar-refractivity contribution >= 4 is 17.3 Å². The molecule has 0 fully saturated rings. The zero-order valence-corrected chi connectivity index (χ0v) is 11.7. The zero-order valence-electron chi connectivity index (χ0n) is 11.7. The highest BCUT2D eigenvalue weighted by molar-refractivity contribution is 5.91. The third-order valence-corrected chi connectivity index (χ3v) is 3.18. The Hall–Kier alpha value is -1.51. The van der Waals surface area contributed by atoms with Gasteiger partial charge in [-0.25, -0.2) is 0 Å². The molecule has 1 heterocycles. The minimum absolute atomic E-state index is 0.0288. The van der Waals surface area contributed by atoms with Gasteiger partial charge in [-0.1, -0.05) is 20.8 Å². The van der Waals surface area contributed by atoms with Crippen LogP contribution in [0.15, 0.2) is 18.2 Å². The molecule has 0 spiro atoms. The Morgan fingerprint density at radius 2 is 2.11 bits per heavy atom. The first kappa shape index (κ1) is 12.9. The van der Waals surface area contributed by atoms with Crippen LogP contribution in [-0.2, 0) is 11.2 Å². The predicted molar refractivity (Wildman–Crippen MR) is 76.1 cm³/mol. The van der Waals surface area contributed by atoms with Crippen LogP contribution < -0.4 is 10.2 Å². The molecule has 1 aromatic rings. The lowest BCUT2D eigenvalue weighted by atomic mass is 9.92. The highest BCUT2D eigenvalue weighted by Gasteiger charge is 2.18. The maximum atomic E-state index is 11.9. The number of hydrogen-bond donors (Lipinski definition) is 1. The van der Waals surface area contributed by atoms with Crippen LogP contribution in [0.2, 0.25) is 0 Å². The third kappa shape index (κ3) is 3.03. The Balaban J connectivity index is 2.05. The quantitative estimate of drug-likeness (QED) is 0.870. The van der Waals surface area contributed by atoms with Gasteiger partial charge < -0.3 is 10.2 Å². The number of carbonyl (C=O) groups is 1. The van der Waals surface area contributed by atoms with Gasteiger partial charge in [0.05, 0.1) is 0 Å². The third-order valence-electron chi connectivity index (χ3n) is 3.18. The van der Waals surface area contributed by atoms with Crippen molar-refractivity contribution in [2.45, 2.75) is 33.6 Å². The molecule has 0 saturated carbocycles. The standard InChI is InChI=1S/C15H22N2O/c1-15(2,3)10-14(18)16-12-5-6-13-11(9-12)7-8-17(13)4/h5-6,9H,7-8,10H2,1-4H3,(H,16,18). The highest BCUT2D eigenvalue weighted by atomic mass is 16.1. The summed E-state index contributed by atoms with van der Waals surface area (Å²) in [4.78, 5) is 14.1. The van der Waals surface area contributed by atoms with Crippen molar-refractivity contribution in [1.29, 1.82) is 0 Å². The average Bonchev–Trinajstić information content (AvgIpc) is 2.57. The smallest absolute Gasteiger partial charge is 0.224 e. The molecule has 18 heavy (non-hydrogen) atoms. The van der Waals surface area contributed by atoms with Crippen molar-refractivity contribution in [3.05, 3.63) is 23.8 Å². The number of rotatable bonds is 2. The molecule has 3 heteroatoms. The van der Waals surface area contributed by atoms with E-state index in [0.717, 1.165) is 18.7 Å². The van der Waals surface area contributed by atoms with E-state index in [2.05, 4.69) is 50.2 Å². The summed E-state index contributed by atoms with van der Waals surface area (Å²) in [5.74, 6) is 0.0915. The second kappa shape index (κ2) is 4.63. The van der Waals surface area contributed by atoms with Gasteiger partial charge in [-0.3, -0.25) is 4.79 Å². The molecule has 1 aromatic carbocycles. The molecule has 0 saturated heterocycles. The molecule has 1 aliphatic heterocycles. The first-order valence-corrected chi connectivity index (χ1v) is 6.49. The molecule has 98 valence electrons. The van der Waals surface area contributed by atoms with E-state index >= 15 is 0 Å². The molecular weight excluding hydrogens is 224 g/mol. The fourth-order valence-electron chi connectivity index (χ4n) is 2.33. The fourth-order valence-corrected chi connectivity index (χ4v) is 2.33. The summed E-state index contributed by atoms with van der Waals surface area (Å²) in [6.45, 7) is 7.29. The van der Waals surface area contributed by atoms with Gasteiger partial charge in [-0.05, 0) is 35.6 Å². The van der Waals surface area contributed by atoms with Crippen molar-refractivity contribution in [2.75, 3.05) is 23.8 Å². The van der Waals surface area contributed by atoms with E-state index in [-0.39, 0.29) is 11.3 Å². The largest absolute Gasteiger partial charge is 0.374 e. The van der Waals surface area contributed by atoms with Crippen LogP contribution in [0.4, 0.5) is 11.4 Å². The van der Waals surface area contributed by atoms with E-state index in [1.165, 1.54) is 11.3 Å². The average molecular weight is 246 g/mol. The van der Waals surface area contributed by atoms with Gasteiger partial charge in [0, 0.05) is 31.4 Å². The second-order valence-electron chi connectivity index (χ2n) is 6.30. The van der Waals surface area contributed by atoms with Gasteiger partial charge >= 0.3 is 0 Å². The van der Waals surface area contributed by atoms with Crippen molar-refractivity contribution in [3.63, 3.8) is 0 Å². The van der Waals surface area contributed by atoms with Crippen LogP contribution in [0, 0.1) is 5.41 Å². The van der Waals surface area contributed by atoms with E-state index < -0.39 is 0 Å². The summed E-state index contributed by atoms with van der Waals surface area (Å²) in [6, 6.07) is 6.18. The Morgan fingerprint density at radius 3 is 2.78 bits per heavy atom. The molecule has 2 rings (SSSR count). The number of amides is 1. The molecule has 1 N–H and O–H groups in total. The van der Waals surface area contributed by atoms with Crippen LogP contribution in [0.1, 0.15) is 32.8 Å². The van der Waals surface area contributed by atoms with E-state index in [0.29, 0.717) is 6.42 Å². The van der Waals surface area contributed by atoms with Gasteiger partial charge in [0.2, 0.25) is 5.91 Å². The Kier molecular flexibility index (Phi) is 3.33. The van der Waals surface area contributed by atoms with Crippen LogP contribution >= 0.6 is 0 Å². The molecule has 0 radical (unpaired) electrons. The number of likely N-dealkylation sites (N-methyl/N-ethyl adjacent to an activating group) is 1. The van der Waals surface area contributed by atoms with Crippen molar-refractivity contribution < 1.29 is 4.79 Å². The van der Waals surface area contributed by atoms with Gasteiger partial charge in [0.25, 0.3) is 0 Å². The molecule has 0 aliphatic carbocycles. The number of benzene rings is 1. The molecule has 0 unspecified atom stereocenters. The molecule has 0 atom stereocenters. The summed E-state index contributed by atoms with van der Waals surface area (Å²) in [7, 11) is 2.10. The van der Waals surface area contributed by atoms with Crippen LogP contribution in [-0.4, -0.2) is 19.5 Å². The predicted octanol–water partition coefficient (Wildman–Crippen LogP) is 3.05. The van der Waals surface area contributed by atoms with Gasteiger partial charge in [0.1, 0.15) is 0 Å². The van der Waals surface area contributed by atoms with Gasteiger partial charge in [-0.15, -0.1) is 0 Å². The van der Waals surface area contributed by atoms with E-state index in [9.17, 15) is 4.79 Å². The molecule has 1 aliphatic rings. The summed E-state index contributed by atoms with van der Waals surface area (Å²) < 4.78 is 0. The maximum absolute atomic E-state index is 11.9. The summed E-state index contributed by atoms with van der Waals surface area (Å²) in [5, 5.41) is 2.99.